The van der Waals surface area contributed by atoms with E-state index in [0.717, 1.165) is 12.8 Å². The van der Waals surface area contributed by atoms with E-state index in [4.69, 9.17) is 4.42 Å². The quantitative estimate of drug-likeness (QED) is 0.849. The molecule has 0 aromatic carbocycles. The number of piperidine rings is 1. The molecule has 0 aliphatic carbocycles. The minimum atomic E-state index is -0.152. The van der Waals surface area contributed by atoms with Crippen molar-refractivity contribution >= 4 is 17.9 Å². The second kappa shape index (κ2) is 8.28. The van der Waals surface area contributed by atoms with Crippen LogP contribution in [0.2, 0.25) is 0 Å². The van der Waals surface area contributed by atoms with Gasteiger partial charge in [-0.15, -0.1) is 0 Å². The fraction of sp³-hybridized carbons (Fsp3) is 0.316. The largest absolute Gasteiger partial charge is 0.465 e. The van der Waals surface area contributed by atoms with Crippen molar-refractivity contribution in [3.63, 3.8) is 0 Å². The maximum absolute atomic E-state index is 12.2. The Morgan fingerprint density at radius 1 is 1.24 bits per heavy atom. The number of pyridine rings is 1. The zero-order chi connectivity index (χ0) is 17.5. The molecular formula is C19H21N3O3. The minimum absolute atomic E-state index is 0.00706. The lowest BCUT2D eigenvalue weighted by Gasteiger charge is -2.31. The molecule has 0 radical (unpaired) electrons. The summed E-state index contributed by atoms with van der Waals surface area (Å²) in [5.74, 6) is 0.888. The fourth-order valence-electron chi connectivity index (χ4n) is 2.83. The van der Waals surface area contributed by atoms with Crippen molar-refractivity contribution < 1.29 is 14.0 Å². The van der Waals surface area contributed by atoms with E-state index >= 15 is 0 Å². The van der Waals surface area contributed by atoms with Crippen LogP contribution in [0.1, 0.15) is 29.1 Å². The first-order chi connectivity index (χ1) is 12.2. The third kappa shape index (κ3) is 4.79. The standard InChI is InChI=1S/C19H21N3O3/c23-18(7-6-16-4-3-13-25-16)22-11-8-15(9-12-22)14-21-19(24)17-5-1-2-10-20-17/h1-7,10,13,15H,8-9,11-12,14H2,(H,21,24). The summed E-state index contributed by atoms with van der Waals surface area (Å²) in [5, 5.41) is 2.93. The van der Waals surface area contributed by atoms with Crippen molar-refractivity contribution in [2.75, 3.05) is 19.6 Å². The maximum Gasteiger partial charge on any atom is 0.269 e. The van der Waals surface area contributed by atoms with Crippen LogP contribution >= 0.6 is 0 Å². The summed E-state index contributed by atoms with van der Waals surface area (Å²) in [6.07, 6.45) is 8.17. The second-order valence-electron chi connectivity index (χ2n) is 6.04. The number of amides is 2. The summed E-state index contributed by atoms with van der Waals surface area (Å²) in [4.78, 5) is 30.0. The maximum atomic E-state index is 12.2. The van der Waals surface area contributed by atoms with Gasteiger partial charge in [-0.2, -0.15) is 0 Å². The highest BCUT2D eigenvalue weighted by atomic mass is 16.3. The Bertz CT molecular complexity index is 718. The van der Waals surface area contributed by atoms with Crippen molar-refractivity contribution in [3.05, 3.63) is 60.3 Å². The van der Waals surface area contributed by atoms with Gasteiger partial charge in [0.15, 0.2) is 0 Å². The number of nitrogens with one attached hydrogen (secondary N) is 1. The van der Waals surface area contributed by atoms with Crippen LogP contribution in [0.15, 0.2) is 53.3 Å². The molecule has 3 heterocycles. The molecule has 2 aromatic rings. The van der Waals surface area contributed by atoms with Crippen LogP contribution in [-0.2, 0) is 4.79 Å². The molecule has 1 saturated heterocycles. The molecule has 0 spiro atoms. The Hall–Kier alpha value is -2.89. The molecule has 0 unspecified atom stereocenters. The van der Waals surface area contributed by atoms with E-state index in [-0.39, 0.29) is 11.8 Å². The van der Waals surface area contributed by atoms with Gasteiger partial charge in [0.1, 0.15) is 11.5 Å². The van der Waals surface area contributed by atoms with Crippen LogP contribution in [-0.4, -0.2) is 41.3 Å². The Balaban J connectivity index is 1.41. The normalized spacial score (nSPS) is 15.4. The number of hydrogen-bond acceptors (Lipinski definition) is 4. The number of nitrogens with zero attached hydrogens (tertiary/aromatic N) is 2. The predicted molar refractivity (Wildman–Crippen MR) is 93.6 cm³/mol. The molecule has 3 rings (SSSR count). The summed E-state index contributed by atoms with van der Waals surface area (Å²) < 4.78 is 5.18. The van der Waals surface area contributed by atoms with Gasteiger partial charge in [0.2, 0.25) is 5.91 Å². The van der Waals surface area contributed by atoms with Crippen LogP contribution < -0.4 is 5.32 Å². The number of aromatic nitrogens is 1. The van der Waals surface area contributed by atoms with E-state index in [1.165, 1.54) is 0 Å². The number of furan rings is 1. The molecule has 0 atom stereocenters. The average Bonchev–Trinajstić information content (AvgIpc) is 3.19. The smallest absolute Gasteiger partial charge is 0.269 e. The molecule has 2 aromatic heterocycles. The average molecular weight is 339 g/mol. The lowest BCUT2D eigenvalue weighted by molar-refractivity contribution is -0.127. The number of hydrogen-bond donors (Lipinski definition) is 1. The van der Waals surface area contributed by atoms with Crippen molar-refractivity contribution in [1.82, 2.24) is 15.2 Å². The van der Waals surface area contributed by atoms with E-state index in [9.17, 15) is 9.59 Å². The highest BCUT2D eigenvalue weighted by Crippen LogP contribution is 2.17. The Morgan fingerprint density at radius 3 is 2.76 bits per heavy atom. The molecule has 1 N–H and O–H groups in total. The number of rotatable bonds is 5. The lowest BCUT2D eigenvalue weighted by Crippen LogP contribution is -2.41. The molecule has 1 aliphatic rings. The molecule has 130 valence electrons. The first-order valence-corrected chi connectivity index (χ1v) is 8.42. The molecule has 0 saturated carbocycles. The van der Waals surface area contributed by atoms with Crippen LogP contribution in [0, 0.1) is 5.92 Å². The SMILES string of the molecule is O=C(NCC1CCN(C(=O)C=Cc2ccco2)CC1)c1ccccn1. The third-order valence-electron chi connectivity index (χ3n) is 4.31. The third-order valence-corrected chi connectivity index (χ3v) is 4.31. The molecule has 1 aliphatic heterocycles. The molecule has 6 heteroatoms. The van der Waals surface area contributed by atoms with Crippen molar-refractivity contribution in [3.8, 4) is 0 Å². The predicted octanol–water partition coefficient (Wildman–Crippen LogP) is 2.36. The van der Waals surface area contributed by atoms with Gasteiger partial charge in [0.05, 0.1) is 6.26 Å². The Morgan fingerprint density at radius 2 is 2.08 bits per heavy atom. The summed E-state index contributed by atoms with van der Waals surface area (Å²) >= 11 is 0. The van der Waals surface area contributed by atoms with Crippen LogP contribution in [0.4, 0.5) is 0 Å². The van der Waals surface area contributed by atoms with Crippen LogP contribution in [0.5, 0.6) is 0 Å². The second-order valence-corrected chi connectivity index (χ2v) is 6.04. The Labute approximate surface area is 146 Å². The Kier molecular flexibility index (Phi) is 5.61. The zero-order valence-electron chi connectivity index (χ0n) is 13.9. The molecule has 2 amide bonds. The van der Waals surface area contributed by atoms with Crippen LogP contribution in [0.3, 0.4) is 0 Å². The van der Waals surface area contributed by atoms with Crippen molar-refractivity contribution in [1.29, 1.82) is 0 Å². The van der Waals surface area contributed by atoms with E-state index in [1.807, 2.05) is 4.90 Å². The molecule has 1 fully saturated rings. The van der Waals surface area contributed by atoms with E-state index in [0.29, 0.717) is 37.0 Å². The van der Waals surface area contributed by atoms with Gasteiger partial charge >= 0.3 is 0 Å². The van der Waals surface area contributed by atoms with E-state index < -0.39 is 0 Å². The zero-order valence-corrected chi connectivity index (χ0v) is 13.9. The lowest BCUT2D eigenvalue weighted by atomic mass is 9.96. The molecule has 0 bridgehead atoms. The van der Waals surface area contributed by atoms with Gasteiger partial charge in [0, 0.05) is 31.9 Å². The topological polar surface area (TPSA) is 75.4 Å². The highest BCUT2D eigenvalue weighted by molar-refractivity contribution is 5.92. The fourth-order valence-corrected chi connectivity index (χ4v) is 2.83. The summed E-state index contributed by atoms with van der Waals surface area (Å²) in [5.41, 5.74) is 0.429. The van der Waals surface area contributed by atoms with Gasteiger partial charge < -0.3 is 14.6 Å². The van der Waals surface area contributed by atoms with Crippen molar-refractivity contribution in [2.45, 2.75) is 12.8 Å². The first-order valence-electron chi connectivity index (χ1n) is 8.42. The van der Waals surface area contributed by atoms with Gasteiger partial charge in [-0.1, -0.05) is 6.07 Å². The summed E-state index contributed by atoms with van der Waals surface area (Å²) in [6.45, 7) is 2.01. The molecule has 25 heavy (non-hydrogen) atoms. The van der Waals surface area contributed by atoms with Gasteiger partial charge in [-0.25, -0.2) is 0 Å². The van der Waals surface area contributed by atoms with E-state index in [2.05, 4.69) is 10.3 Å². The van der Waals surface area contributed by atoms with Crippen LogP contribution in [0.25, 0.3) is 6.08 Å². The van der Waals surface area contributed by atoms with Gasteiger partial charge in [-0.3, -0.25) is 14.6 Å². The monoisotopic (exact) mass is 339 g/mol. The number of carbonyl (C=O) groups is 2. The summed E-state index contributed by atoms with van der Waals surface area (Å²) in [6, 6.07) is 8.86. The molecule has 6 nitrogen and oxygen atoms in total. The molecular weight excluding hydrogens is 318 g/mol. The first kappa shape index (κ1) is 17.0. The van der Waals surface area contributed by atoms with Gasteiger partial charge in [-0.05, 0) is 49.1 Å². The summed E-state index contributed by atoms with van der Waals surface area (Å²) in [7, 11) is 0. The minimum Gasteiger partial charge on any atom is -0.465 e. The van der Waals surface area contributed by atoms with Crippen molar-refractivity contribution in [2.24, 2.45) is 5.92 Å². The van der Waals surface area contributed by atoms with Gasteiger partial charge in [0.25, 0.3) is 5.91 Å². The highest BCUT2D eigenvalue weighted by Gasteiger charge is 2.22. The number of carbonyl (C=O) groups excluding carboxylic acids is 2. The van der Waals surface area contributed by atoms with E-state index in [1.54, 1.807) is 54.9 Å². The number of likely N-dealkylation sites (tertiary alicyclic amines) is 1.